The van der Waals surface area contributed by atoms with Crippen LogP contribution in [0.3, 0.4) is 0 Å². The number of aliphatic hydroxyl groups excluding tert-OH is 1. The van der Waals surface area contributed by atoms with Crippen molar-refractivity contribution >= 4 is 0 Å². The van der Waals surface area contributed by atoms with Gasteiger partial charge >= 0.3 is 0 Å². The molecule has 1 aliphatic carbocycles. The maximum Gasteiger partial charge on any atom is 0.0587 e. The van der Waals surface area contributed by atoms with E-state index < -0.39 is 0 Å². The first-order chi connectivity index (χ1) is 9.28. The molecule has 1 atom stereocenters. The lowest BCUT2D eigenvalue weighted by Gasteiger charge is -2.28. The molecule has 0 radical (unpaired) electrons. The average molecular weight is 261 g/mol. The van der Waals surface area contributed by atoms with Crippen LogP contribution in [-0.4, -0.2) is 24.3 Å². The van der Waals surface area contributed by atoms with Crippen LogP contribution >= 0.6 is 0 Å². The first-order valence-electron chi connectivity index (χ1n) is 7.66. The van der Waals surface area contributed by atoms with Crippen molar-refractivity contribution in [2.24, 2.45) is 11.8 Å². The third-order valence-corrected chi connectivity index (χ3v) is 4.38. The third kappa shape index (κ3) is 4.96. The van der Waals surface area contributed by atoms with E-state index in [0.29, 0.717) is 0 Å². The number of hydrogen-bond donors (Lipinski definition) is 2. The molecule has 0 aromatic heterocycles. The third-order valence-electron chi connectivity index (χ3n) is 4.38. The fourth-order valence-electron chi connectivity index (χ4n) is 2.97. The number of rotatable bonds is 6. The largest absolute Gasteiger partial charge is 0.395 e. The van der Waals surface area contributed by atoms with Crippen molar-refractivity contribution < 1.29 is 5.11 Å². The van der Waals surface area contributed by atoms with Gasteiger partial charge in [-0.05, 0) is 43.2 Å². The lowest BCUT2D eigenvalue weighted by atomic mass is 9.83. The van der Waals surface area contributed by atoms with Crippen molar-refractivity contribution in [3.63, 3.8) is 0 Å². The fraction of sp³-hybridized carbons (Fsp3) is 0.647. The highest BCUT2D eigenvalue weighted by Crippen LogP contribution is 2.27. The number of nitrogens with one attached hydrogen (secondary N) is 1. The Morgan fingerprint density at radius 3 is 2.47 bits per heavy atom. The topological polar surface area (TPSA) is 32.3 Å². The summed E-state index contributed by atoms with van der Waals surface area (Å²) in [5.74, 6) is 1.72. The van der Waals surface area contributed by atoms with Crippen molar-refractivity contribution in [1.82, 2.24) is 5.32 Å². The van der Waals surface area contributed by atoms with Gasteiger partial charge in [0.2, 0.25) is 0 Å². The zero-order valence-corrected chi connectivity index (χ0v) is 12.0. The molecule has 2 N–H and O–H groups in total. The standard InChI is InChI=1S/C17H27NO/c1-14-7-9-16(10-8-14)12-18-17(13-19)11-15-5-3-2-4-6-15/h2-6,14,16-19H,7-13H2,1H3/t14?,16?,17-/m1/s1. The Labute approximate surface area is 117 Å². The van der Waals surface area contributed by atoms with E-state index in [1.54, 1.807) is 0 Å². The molecule has 0 saturated heterocycles. The monoisotopic (exact) mass is 261 g/mol. The lowest BCUT2D eigenvalue weighted by Crippen LogP contribution is -2.38. The maximum atomic E-state index is 9.50. The fourth-order valence-corrected chi connectivity index (χ4v) is 2.97. The zero-order valence-electron chi connectivity index (χ0n) is 12.0. The number of benzene rings is 1. The van der Waals surface area contributed by atoms with Gasteiger partial charge in [0.1, 0.15) is 0 Å². The molecular formula is C17H27NO. The molecule has 1 fully saturated rings. The molecule has 1 saturated carbocycles. The van der Waals surface area contributed by atoms with E-state index in [1.165, 1.54) is 31.2 Å². The molecule has 106 valence electrons. The Morgan fingerprint density at radius 2 is 1.84 bits per heavy atom. The van der Waals surface area contributed by atoms with Gasteiger partial charge in [-0.3, -0.25) is 0 Å². The Bertz CT molecular complexity index is 344. The molecule has 0 heterocycles. The van der Waals surface area contributed by atoms with Crippen molar-refractivity contribution in [3.8, 4) is 0 Å². The lowest BCUT2D eigenvalue weighted by molar-refractivity contribution is 0.221. The molecule has 1 aromatic carbocycles. The van der Waals surface area contributed by atoms with E-state index in [9.17, 15) is 5.11 Å². The smallest absolute Gasteiger partial charge is 0.0587 e. The van der Waals surface area contributed by atoms with Gasteiger partial charge in [-0.2, -0.15) is 0 Å². The number of aliphatic hydroxyl groups is 1. The van der Waals surface area contributed by atoms with Crippen LogP contribution in [0.4, 0.5) is 0 Å². The van der Waals surface area contributed by atoms with E-state index in [0.717, 1.165) is 24.8 Å². The van der Waals surface area contributed by atoms with Crippen LogP contribution in [-0.2, 0) is 6.42 Å². The summed E-state index contributed by atoms with van der Waals surface area (Å²) in [4.78, 5) is 0. The summed E-state index contributed by atoms with van der Waals surface area (Å²) in [6.45, 7) is 3.64. The SMILES string of the molecule is CC1CCC(CN[C@@H](CO)Cc2ccccc2)CC1. The van der Waals surface area contributed by atoms with Crippen LogP contribution in [0, 0.1) is 11.8 Å². The molecule has 2 heteroatoms. The second-order valence-corrected chi connectivity index (χ2v) is 6.10. The summed E-state index contributed by atoms with van der Waals surface area (Å²) in [5.41, 5.74) is 1.30. The second-order valence-electron chi connectivity index (χ2n) is 6.10. The van der Waals surface area contributed by atoms with E-state index in [4.69, 9.17) is 0 Å². The minimum absolute atomic E-state index is 0.196. The Morgan fingerprint density at radius 1 is 1.16 bits per heavy atom. The van der Waals surface area contributed by atoms with Gasteiger partial charge < -0.3 is 10.4 Å². The van der Waals surface area contributed by atoms with Crippen molar-refractivity contribution in [1.29, 1.82) is 0 Å². The summed E-state index contributed by atoms with van der Waals surface area (Å²) >= 11 is 0. The molecule has 1 aliphatic rings. The molecule has 2 nitrogen and oxygen atoms in total. The Kier molecular flexibility index (Phi) is 5.87. The highest BCUT2D eigenvalue weighted by molar-refractivity contribution is 5.15. The Balaban J connectivity index is 1.73. The minimum atomic E-state index is 0.196. The highest BCUT2D eigenvalue weighted by atomic mass is 16.3. The minimum Gasteiger partial charge on any atom is -0.395 e. The quantitative estimate of drug-likeness (QED) is 0.825. The predicted octanol–water partition coefficient (Wildman–Crippen LogP) is 3.01. The van der Waals surface area contributed by atoms with Crippen LogP contribution in [0.15, 0.2) is 30.3 Å². The molecule has 1 aromatic rings. The second kappa shape index (κ2) is 7.66. The normalized spacial score (nSPS) is 25.2. The van der Waals surface area contributed by atoms with E-state index >= 15 is 0 Å². The molecule has 0 aliphatic heterocycles. The van der Waals surface area contributed by atoms with Crippen molar-refractivity contribution in [2.45, 2.75) is 45.1 Å². The molecule has 19 heavy (non-hydrogen) atoms. The molecule has 0 unspecified atom stereocenters. The van der Waals surface area contributed by atoms with Gasteiger partial charge in [-0.15, -0.1) is 0 Å². The van der Waals surface area contributed by atoms with E-state index in [2.05, 4.69) is 36.5 Å². The van der Waals surface area contributed by atoms with E-state index in [-0.39, 0.29) is 12.6 Å². The van der Waals surface area contributed by atoms with Gasteiger partial charge in [0.15, 0.2) is 0 Å². The van der Waals surface area contributed by atoms with Crippen LogP contribution in [0.25, 0.3) is 0 Å². The van der Waals surface area contributed by atoms with Gasteiger partial charge in [0, 0.05) is 6.04 Å². The first-order valence-corrected chi connectivity index (χ1v) is 7.66. The average Bonchev–Trinajstić information content (AvgIpc) is 2.46. The first kappa shape index (κ1) is 14.5. The maximum absolute atomic E-state index is 9.50. The predicted molar refractivity (Wildman–Crippen MR) is 80.1 cm³/mol. The Hall–Kier alpha value is -0.860. The van der Waals surface area contributed by atoms with Crippen LogP contribution in [0.5, 0.6) is 0 Å². The summed E-state index contributed by atoms with van der Waals surface area (Å²) in [7, 11) is 0. The molecule has 0 amide bonds. The summed E-state index contributed by atoms with van der Waals surface area (Å²) in [5, 5.41) is 13.0. The summed E-state index contributed by atoms with van der Waals surface area (Å²) in [6, 6.07) is 10.6. The van der Waals surface area contributed by atoms with Gasteiger partial charge in [-0.25, -0.2) is 0 Å². The van der Waals surface area contributed by atoms with Crippen molar-refractivity contribution in [3.05, 3.63) is 35.9 Å². The molecule has 2 rings (SSSR count). The molecule has 0 spiro atoms. The van der Waals surface area contributed by atoms with Crippen LogP contribution < -0.4 is 5.32 Å². The molecular weight excluding hydrogens is 234 g/mol. The summed E-state index contributed by atoms with van der Waals surface area (Å²) in [6.07, 6.45) is 6.35. The zero-order chi connectivity index (χ0) is 13.5. The van der Waals surface area contributed by atoms with Crippen LogP contribution in [0.1, 0.15) is 38.2 Å². The van der Waals surface area contributed by atoms with Gasteiger partial charge in [0.25, 0.3) is 0 Å². The molecule has 0 bridgehead atoms. The van der Waals surface area contributed by atoms with E-state index in [1.807, 2.05) is 6.07 Å². The van der Waals surface area contributed by atoms with Crippen molar-refractivity contribution in [2.75, 3.05) is 13.2 Å². The van der Waals surface area contributed by atoms with Gasteiger partial charge in [0.05, 0.1) is 6.61 Å². The highest BCUT2D eigenvalue weighted by Gasteiger charge is 2.19. The van der Waals surface area contributed by atoms with Gasteiger partial charge in [-0.1, -0.05) is 50.1 Å². The number of hydrogen-bond acceptors (Lipinski definition) is 2. The van der Waals surface area contributed by atoms with Crippen LogP contribution in [0.2, 0.25) is 0 Å². The summed E-state index contributed by atoms with van der Waals surface area (Å²) < 4.78 is 0.